The predicted octanol–water partition coefficient (Wildman–Crippen LogP) is -0.491. The van der Waals surface area contributed by atoms with Gasteiger partial charge in [0.05, 0.1) is 0 Å². The number of carbonyl (C=O) groups is 3. The van der Waals surface area contributed by atoms with Crippen LogP contribution in [0, 0.1) is 0 Å². The Morgan fingerprint density at radius 2 is 1.00 bits per heavy atom. The number of hydrogen-bond donors (Lipinski definition) is 0. The molecule has 0 aromatic rings. The molecule has 0 unspecified atom stereocenters. The molecule has 0 atom stereocenters. The molecular weight excluding hydrogens is 236 g/mol. The van der Waals surface area contributed by atoms with Gasteiger partial charge < -0.3 is 14.0 Å². The summed E-state index contributed by atoms with van der Waals surface area (Å²) in [4.78, 5) is 31.2. The summed E-state index contributed by atoms with van der Waals surface area (Å²) in [5.41, 5.74) is 0. The lowest BCUT2D eigenvalue weighted by atomic mass is 10.2. The van der Waals surface area contributed by atoms with Gasteiger partial charge in [0.1, 0.15) is 0 Å². The zero-order chi connectivity index (χ0) is 12.6. The average Bonchev–Trinajstić information content (AvgIpc) is 2.28. The predicted molar refractivity (Wildman–Crippen MR) is 42.0 cm³/mol. The number of alkyl halides is 3. The Morgan fingerprint density at radius 3 is 1.19 bits per heavy atom. The van der Waals surface area contributed by atoms with Crippen LogP contribution in [-0.2, 0) is 28.3 Å². The van der Waals surface area contributed by atoms with Crippen LogP contribution in [0.15, 0.2) is 0 Å². The summed E-state index contributed by atoms with van der Waals surface area (Å²) in [7, 11) is -2.30. The molecule has 90 valence electrons. The number of carbonyl (C=O) groups excluding carboxylic acids is 3. The smallest absolute Gasteiger partial charge is 0.460 e. The first-order chi connectivity index (χ1) is 7.53. The first kappa shape index (κ1) is 14.3. The van der Waals surface area contributed by atoms with E-state index in [1.54, 1.807) is 0 Å². The standard InChI is InChI=1S/C6H6BF3O6/c8-1-4(11)14-7(15-5(12)2-9)16-6(13)3-10/h1-3H2. The van der Waals surface area contributed by atoms with Crippen LogP contribution in [0.5, 0.6) is 0 Å². The van der Waals surface area contributed by atoms with Crippen molar-refractivity contribution in [3.63, 3.8) is 0 Å². The second-order valence-corrected chi connectivity index (χ2v) is 2.16. The van der Waals surface area contributed by atoms with Crippen molar-refractivity contribution in [2.45, 2.75) is 0 Å². The van der Waals surface area contributed by atoms with Gasteiger partial charge in [0, 0.05) is 0 Å². The van der Waals surface area contributed by atoms with E-state index in [-0.39, 0.29) is 0 Å². The fourth-order valence-electron chi connectivity index (χ4n) is 0.489. The SMILES string of the molecule is O=C(CF)OB(OC(=O)CF)OC(=O)CF. The van der Waals surface area contributed by atoms with Crippen LogP contribution in [0.1, 0.15) is 0 Å². The van der Waals surface area contributed by atoms with Gasteiger partial charge in [-0.3, -0.25) is 14.4 Å². The summed E-state index contributed by atoms with van der Waals surface area (Å²) in [5, 5.41) is 0. The molecule has 0 spiro atoms. The molecule has 0 aromatic heterocycles. The summed E-state index contributed by atoms with van der Waals surface area (Å²) in [6.45, 7) is -4.76. The minimum absolute atomic E-state index is 1.52. The molecule has 0 rings (SSSR count). The molecule has 0 radical (unpaired) electrons. The summed E-state index contributed by atoms with van der Waals surface area (Å²) in [6, 6.07) is 0. The molecule has 0 aliphatic carbocycles. The monoisotopic (exact) mass is 242 g/mol. The molecule has 0 aromatic carbocycles. The average molecular weight is 242 g/mol. The van der Waals surface area contributed by atoms with Gasteiger partial charge in [0.15, 0.2) is 20.0 Å². The molecule has 0 amide bonds. The Bertz CT molecular complexity index is 230. The van der Waals surface area contributed by atoms with Crippen molar-refractivity contribution in [3.8, 4) is 0 Å². The fourth-order valence-corrected chi connectivity index (χ4v) is 0.489. The van der Waals surface area contributed by atoms with Gasteiger partial charge in [-0.05, 0) is 0 Å². The largest absolute Gasteiger partial charge is 0.870 e. The van der Waals surface area contributed by atoms with Crippen LogP contribution in [0.4, 0.5) is 13.2 Å². The van der Waals surface area contributed by atoms with E-state index in [1.165, 1.54) is 0 Å². The molecule has 0 saturated carbocycles. The number of halogens is 3. The lowest BCUT2D eigenvalue weighted by Gasteiger charge is -2.10. The Hall–Kier alpha value is -1.74. The minimum atomic E-state index is -2.30. The zero-order valence-electron chi connectivity index (χ0n) is 7.78. The third-order valence-corrected chi connectivity index (χ3v) is 1.01. The normalized spacial score (nSPS) is 9.19. The summed E-state index contributed by atoms with van der Waals surface area (Å²) >= 11 is 0. The van der Waals surface area contributed by atoms with Gasteiger partial charge >= 0.3 is 25.2 Å². The van der Waals surface area contributed by atoms with E-state index in [2.05, 4.69) is 14.0 Å². The number of hydrogen-bond acceptors (Lipinski definition) is 6. The van der Waals surface area contributed by atoms with Gasteiger partial charge in [0.25, 0.3) is 0 Å². The molecular formula is C6H6BF3O6. The van der Waals surface area contributed by atoms with Crippen molar-refractivity contribution in [3.05, 3.63) is 0 Å². The third kappa shape index (κ3) is 5.88. The summed E-state index contributed by atoms with van der Waals surface area (Å²) < 4.78 is 46.8. The summed E-state index contributed by atoms with van der Waals surface area (Å²) in [6.07, 6.45) is 0. The lowest BCUT2D eigenvalue weighted by Crippen LogP contribution is -2.36. The maximum Gasteiger partial charge on any atom is 0.870 e. The molecule has 0 fully saturated rings. The Balaban J connectivity index is 4.31. The van der Waals surface area contributed by atoms with Crippen LogP contribution in [0.3, 0.4) is 0 Å². The molecule has 0 aliphatic rings. The Labute approximate surface area is 87.8 Å². The topological polar surface area (TPSA) is 78.9 Å². The minimum Gasteiger partial charge on any atom is -0.460 e. The van der Waals surface area contributed by atoms with E-state index in [0.29, 0.717) is 0 Å². The van der Waals surface area contributed by atoms with Crippen molar-refractivity contribution in [2.24, 2.45) is 0 Å². The molecule has 10 heteroatoms. The van der Waals surface area contributed by atoms with Crippen LogP contribution >= 0.6 is 0 Å². The highest BCUT2D eigenvalue weighted by Gasteiger charge is 2.36. The van der Waals surface area contributed by atoms with Crippen LogP contribution in [-0.4, -0.2) is 45.3 Å². The molecule has 16 heavy (non-hydrogen) atoms. The molecule has 0 saturated heterocycles. The van der Waals surface area contributed by atoms with E-state index in [9.17, 15) is 27.6 Å². The zero-order valence-corrected chi connectivity index (χ0v) is 7.78. The van der Waals surface area contributed by atoms with Gasteiger partial charge in [-0.2, -0.15) is 0 Å². The van der Waals surface area contributed by atoms with Crippen molar-refractivity contribution in [1.82, 2.24) is 0 Å². The van der Waals surface area contributed by atoms with Crippen molar-refractivity contribution in [2.75, 3.05) is 20.0 Å². The van der Waals surface area contributed by atoms with Crippen LogP contribution in [0.2, 0.25) is 0 Å². The molecule has 0 aliphatic heterocycles. The second kappa shape index (κ2) is 7.54. The third-order valence-electron chi connectivity index (χ3n) is 1.01. The molecule has 0 heterocycles. The highest BCUT2D eigenvalue weighted by Crippen LogP contribution is 1.97. The number of rotatable bonds is 6. The van der Waals surface area contributed by atoms with E-state index in [0.717, 1.165) is 0 Å². The van der Waals surface area contributed by atoms with E-state index < -0.39 is 45.3 Å². The van der Waals surface area contributed by atoms with Gasteiger partial charge in [0.2, 0.25) is 0 Å². The molecule has 0 bridgehead atoms. The van der Waals surface area contributed by atoms with E-state index in [1.807, 2.05) is 0 Å². The van der Waals surface area contributed by atoms with Gasteiger partial charge in [-0.25, -0.2) is 13.2 Å². The van der Waals surface area contributed by atoms with Crippen molar-refractivity contribution < 1.29 is 41.5 Å². The maximum atomic E-state index is 11.7. The lowest BCUT2D eigenvalue weighted by molar-refractivity contribution is -0.149. The van der Waals surface area contributed by atoms with E-state index in [4.69, 9.17) is 0 Å². The first-order valence-corrected chi connectivity index (χ1v) is 3.79. The van der Waals surface area contributed by atoms with Crippen LogP contribution in [0.25, 0.3) is 0 Å². The Morgan fingerprint density at radius 1 is 0.750 bits per heavy atom. The fraction of sp³-hybridized carbons (Fsp3) is 0.500. The van der Waals surface area contributed by atoms with Crippen molar-refractivity contribution in [1.29, 1.82) is 0 Å². The molecule has 6 nitrogen and oxygen atoms in total. The van der Waals surface area contributed by atoms with Gasteiger partial charge in [-0.15, -0.1) is 0 Å². The van der Waals surface area contributed by atoms with Gasteiger partial charge in [-0.1, -0.05) is 0 Å². The van der Waals surface area contributed by atoms with Crippen molar-refractivity contribution >= 4 is 25.2 Å². The van der Waals surface area contributed by atoms with Crippen LogP contribution < -0.4 is 0 Å². The quantitative estimate of drug-likeness (QED) is 0.584. The highest BCUT2D eigenvalue weighted by molar-refractivity contribution is 6.44. The molecule has 0 N–H and O–H groups in total. The summed E-state index contributed by atoms with van der Waals surface area (Å²) in [5.74, 6) is -4.57. The highest BCUT2D eigenvalue weighted by atomic mass is 19.1. The Kier molecular flexibility index (Phi) is 6.72. The maximum absolute atomic E-state index is 11.7. The second-order valence-electron chi connectivity index (χ2n) is 2.16. The first-order valence-electron chi connectivity index (χ1n) is 3.79. The van der Waals surface area contributed by atoms with E-state index >= 15 is 0 Å².